The number of aromatic amines is 1. The third-order valence-corrected chi connectivity index (χ3v) is 4.33. The van der Waals surface area contributed by atoms with Crippen LogP contribution in [0.2, 0.25) is 0 Å². The molecule has 0 saturated heterocycles. The first-order valence-electron chi connectivity index (χ1n) is 9.47. The molecule has 0 aliphatic rings. The van der Waals surface area contributed by atoms with Crippen molar-refractivity contribution < 1.29 is 14.3 Å². The van der Waals surface area contributed by atoms with Crippen molar-refractivity contribution in [1.82, 2.24) is 19.9 Å². The summed E-state index contributed by atoms with van der Waals surface area (Å²) in [4.78, 5) is 27.6. The number of ether oxygens (including phenoxy) is 2. The molecule has 0 radical (unpaired) electrons. The molecule has 1 amide bonds. The van der Waals surface area contributed by atoms with E-state index in [9.17, 15) is 4.79 Å². The minimum absolute atomic E-state index is 0.0207. The van der Waals surface area contributed by atoms with Crippen LogP contribution in [0.3, 0.4) is 0 Å². The van der Waals surface area contributed by atoms with Crippen LogP contribution in [0.15, 0.2) is 42.5 Å². The third-order valence-electron chi connectivity index (χ3n) is 4.33. The number of imidazole rings is 1. The van der Waals surface area contributed by atoms with Crippen LogP contribution in [0.4, 0.5) is 5.69 Å². The van der Waals surface area contributed by atoms with Crippen LogP contribution < -0.4 is 26.3 Å². The van der Waals surface area contributed by atoms with E-state index in [1.165, 1.54) is 18.2 Å². The fourth-order valence-corrected chi connectivity index (χ4v) is 2.99. The lowest BCUT2D eigenvalue weighted by Gasteiger charge is -2.10. The maximum absolute atomic E-state index is 11.7. The highest BCUT2D eigenvalue weighted by Gasteiger charge is 2.17. The summed E-state index contributed by atoms with van der Waals surface area (Å²) in [6, 6.07) is 12.9. The Hall–Kier alpha value is -5.18. The van der Waals surface area contributed by atoms with Crippen LogP contribution in [0, 0.1) is 23.7 Å². The number of anilines is 1. The number of carbonyl (C=O) groups excluding carboxylic acids is 1. The zero-order valence-corrected chi connectivity index (χ0v) is 17.2. The molecule has 0 aliphatic heterocycles. The molecule has 7 N–H and O–H groups in total. The molecule has 0 saturated carbocycles. The SMILES string of the molecule is Cc1nc2nc(Oc3cccc(NC(=N)N)c3)nc(Oc3ccc(C#N)c(C(N)=O)c3)c2[nH]1. The fraction of sp³-hybridized carbons (Fsp3) is 0.0476. The van der Waals surface area contributed by atoms with E-state index in [0.29, 0.717) is 28.4 Å². The Morgan fingerprint density at radius 1 is 1.12 bits per heavy atom. The number of aryl methyl sites for hydroxylation is 1. The van der Waals surface area contributed by atoms with Crippen molar-refractivity contribution in [3.05, 3.63) is 59.4 Å². The molecule has 2 aromatic carbocycles. The summed E-state index contributed by atoms with van der Waals surface area (Å²) in [5.41, 5.74) is 12.1. The number of hydrogen-bond donors (Lipinski definition) is 5. The lowest BCUT2D eigenvalue weighted by atomic mass is 10.1. The number of nitrogens with two attached hydrogens (primary N) is 2. The second-order valence-electron chi connectivity index (χ2n) is 6.79. The number of H-pyrrole nitrogens is 1. The standard InChI is InChI=1S/C21H17N9O3/c1-10-26-16-18(27-10)29-21(33-13-4-2-3-12(7-13)28-20(24)25)30-19(16)32-14-6-5-11(9-22)15(8-14)17(23)31/h2-8H,1H3,(H2,23,31)(H4,24,25,28)(H,26,27,29,30). The Bertz CT molecular complexity index is 1440. The number of nitrogens with zero attached hydrogens (tertiary/aromatic N) is 4. The van der Waals surface area contributed by atoms with E-state index in [4.69, 9.17) is 31.6 Å². The van der Waals surface area contributed by atoms with Gasteiger partial charge in [0.2, 0.25) is 5.91 Å². The monoisotopic (exact) mass is 443 g/mol. The van der Waals surface area contributed by atoms with Gasteiger partial charge in [-0.2, -0.15) is 15.2 Å². The van der Waals surface area contributed by atoms with Gasteiger partial charge in [0.1, 0.15) is 22.8 Å². The number of fused-ring (bicyclic) bond motifs is 1. The van der Waals surface area contributed by atoms with Gasteiger partial charge in [-0.15, -0.1) is 0 Å². The number of guanidine groups is 1. The van der Waals surface area contributed by atoms with Gasteiger partial charge in [0.05, 0.1) is 17.2 Å². The highest BCUT2D eigenvalue weighted by atomic mass is 16.5. The average molecular weight is 443 g/mol. The number of nitrogens with one attached hydrogen (secondary N) is 3. The first-order valence-corrected chi connectivity index (χ1v) is 9.47. The van der Waals surface area contributed by atoms with E-state index < -0.39 is 5.91 Å². The summed E-state index contributed by atoms with van der Waals surface area (Å²) in [6.07, 6.45) is 0. The number of hydrogen-bond acceptors (Lipinski definition) is 8. The number of primary amides is 1. The molecule has 0 spiro atoms. The molecule has 164 valence electrons. The summed E-state index contributed by atoms with van der Waals surface area (Å²) in [5, 5.41) is 19.2. The number of carbonyl (C=O) groups is 1. The first kappa shape index (κ1) is 21.1. The molecule has 4 aromatic rings. The van der Waals surface area contributed by atoms with Gasteiger partial charge in [-0.1, -0.05) is 6.07 Å². The Balaban J connectivity index is 1.71. The van der Waals surface area contributed by atoms with Gasteiger partial charge in [-0.25, -0.2) is 4.98 Å². The van der Waals surface area contributed by atoms with Crippen LogP contribution >= 0.6 is 0 Å². The normalized spacial score (nSPS) is 10.4. The van der Waals surface area contributed by atoms with Gasteiger partial charge >= 0.3 is 6.01 Å². The molecule has 0 bridgehead atoms. The van der Waals surface area contributed by atoms with E-state index >= 15 is 0 Å². The van der Waals surface area contributed by atoms with Gasteiger partial charge < -0.3 is 31.2 Å². The smallest absolute Gasteiger partial charge is 0.327 e. The van der Waals surface area contributed by atoms with Crippen LogP contribution in [0.25, 0.3) is 11.2 Å². The Morgan fingerprint density at radius 3 is 2.64 bits per heavy atom. The number of amides is 1. The molecular formula is C21H17N9O3. The quantitative estimate of drug-likeness (QED) is 0.219. The molecule has 33 heavy (non-hydrogen) atoms. The Kier molecular flexibility index (Phi) is 5.44. The van der Waals surface area contributed by atoms with Crippen molar-refractivity contribution in [2.45, 2.75) is 6.92 Å². The fourth-order valence-electron chi connectivity index (χ4n) is 2.99. The van der Waals surface area contributed by atoms with Gasteiger partial charge in [0.15, 0.2) is 11.6 Å². The van der Waals surface area contributed by atoms with Crippen molar-refractivity contribution >= 4 is 28.7 Å². The Morgan fingerprint density at radius 2 is 1.91 bits per heavy atom. The second-order valence-corrected chi connectivity index (χ2v) is 6.79. The van der Waals surface area contributed by atoms with E-state index in [1.807, 2.05) is 6.07 Å². The molecule has 0 atom stereocenters. The molecule has 0 fully saturated rings. The lowest BCUT2D eigenvalue weighted by Crippen LogP contribution is -2.20. The third kappa shape index (κ3) is 4.62. The highest BCUT2D eigenvalue weighted by Crippen LogP contribution is 2.31. The van der Waals surface area contributed by atoms with Crippen molar-refractivity contribution in [1.29, 1.82) is 10.7 Å². The molecule has 2 heterocycles. The maximum atomic E-state index is 11.7. The van der Waals surface area contributed by atoms with Crippen LogP contribution in [0.5, 0.6) is 23.4 Å². The van der Waals surface area contributed by atoms with Gasteiger partial charge in [-0.3, -0.25) is 10.2 Å². The number of benzene rings is 2. The lowest BCUT2D eigenvalue weighted by molar-refractivity contribution is 0.0999. The topological polar surface area (TPSA) is 202 Å². The van der Waals surface area contributed by atoms with Crippen molar-refractivity contribution in [3.8, 4) is 29.5 Å². The minimum atomic E-state index is -0.759. The maximum Gasteiger partial charge on any atom is 0.327 e. The summed E-state index contributed by atoms with van der Waals surface area (Å²) in [7, 11) is 0. The molecule has 0 unspecified atom stereocenters. The predicted octanol–water partition coefficient (Wildman–Crippen LogP) is 2.52. The van der Waals surface area contributed by atoms with Crippen LogP contribution in [0.1, 0.15) is 21.7 Å². The molecule has 12 nitrogen and oxygen atoms in total. The van der Waals surface area contributed by atoms with Gasteiger partial charge in [-0.05, 0) is 37.3 Å². The van der Waals surface area contributed by atoms with Crippen molar-refractivity contribution in [2.24, 2.45) is 11.5 Å². The summed E-state index contributed by atoms with van der Waals surface area (Å²) in [6.45, 7) is 1.75. The molecule has 2 aromatic heterocycles. The van der Waals surface area contributed by atoms with Gasteiger partial charge in [0, 0.05) is 11.8 Å². The summed E-state index contributed by atoms with van der Waals surface area (Å²) < 4.78 is 11.6. The average Bonchev–Trinajstić information content (AvgIpc) is 3.14. The van der Waals surface area contributed by atoms with E-state index in [2.05, 4.69) is 25.3 Å². The van der Waals surface area contributed by atoms with Crippen LogP contribution in [-0.4, -0.2) is 31.8 Å². The second kappa shape index (κ2) is 8.52. The van der Waals surface area contributed by atoms with Gasteiger partial charge in [0.25, 0.3) is 5.88 Å². The number of rotatable bonds is 6. The minimum Gasteiger partial charge on any atom is -0.437 e. The number of nitriles is 1. The molecular weight excluding hydrogens is 426 g/mol. The highest BCUT2D eigenvalue weighted by molar-refractivity contribution is 5.95. The van der Waals surface area contributed by atoms with E-state index in [1.54, 1.807) is 31.2 Å². The van der Waals surface area contributed by atoms with Crippen molar-refractivity contribution in [2.75, 3.05) is 5.32 Å². The zero-order valence-electron chi connectivity index (χ0n) is 17.2. The zero-order chi connectivity index (χ0) is 23.5. The van der Waals surface area contributed by atoms with E-state index in [-0.39, 0.29) is 34.7 Å². The summed E-state index contributed by atoms with van der Waals surface area (Å²) >= 11 is 0. The molecule has 0 aliphatic carbocycles. The van der Waals surface area contributed by atoms with Crippen molar-refractivity contribution in [3.63, 3.8) is 0 Å². The van der Waals surface area contributed by atoms with Crippen LogP contribution in [-0.2, 0) is 0 Å². The Labute approximate surface area is 186 Å². The largest absolute Gasteiger partial charge is 0.437 e. The van der Waals surface area contributed by atoms with E-state index in [0.717, 1.165) is 0 Å². The molecule has 12 heteroatoms. The molecule has 4 rings (SSSR count). The number of aromatic nitrogens is 4. The first-order chi connectivity index (χ1) is 15.8. The predicted molar refractivity (Wildman–Crippen MR) is 118 cm³/mol. The summed E-state index contributed by atoms with van der Waals surface area (Å²) in [5.74, 6) is 0.303.